The Balaban J connectivity index is 0.00000133. The molecule has 1 aromatic rings. The fourth-order valence-corrected chi connectivity index (χ4v) is 3.01. The van der Waals surface area contributed by atoms with Crippen molar-refractivity contribution in [3.8, 4) is 0 Å². The third-order valence-corrected chi connectivity index (χ3v) is 4.45. The summed E-state index contributed by atoms with van der Waals surface area (Å²) < 4.78 is 40.7. The van der Waals surface area contributed by atoms with Crippen LogP contribution in [0.25, 0.3) is 0 Å². The predicted octanol–water partition coefficient (Wildman–Crippen LogP) is 4.03. The minimum atomic E-state index is -2.51. The number of pyridine rings is 1. The molecule has 1 aliphatic heterocycles. The van der Waals surface area contributed by atoms with E-state index in [1.807, 2.05) is 0 Å². The second-order valence-electron chi connectivity index (χ2n) is 5.11. The predicted molar refractivity (Wildman–Crippen MR) is 72.6 cm³/mol. The fourth-order valence-electron chi connectivity index (χ4n) is 2.71. The number of alkyl halides is 2. The zero-order valence-corrected chi connectivity index (χ0v) is 12.4. The van der Waals surface area contributed by atoms with Gasteiger partial charge < -0.3 is 4.90 Å². The van der Waals surface area contributed by atoms with Crippen molar-refractivity contribution in [2.75, 3.05) is 18.0 Å². The molecule has 0 amide bonds. The van der Waals surface area contributed by atoms with Crippen LogP contribution in [0.5, 0.6) is 0 Å². The van der Waals surface area contributed by atoms with Crippen molar-refractivity contribution in [3.05, 3.63) is 22.6 Å². The van der Waals surface area contributed by atoms with E-state index in [4.69, 9.17) is 0 Å². The number of hydrogen-bond acceptors (Lipinski definition) is 2. The van der Waals surface area contributed by atoms with Gasteiger partial charge in [0.25, 0.3) is 5.92 Å². The van der Waals surface area contributed by atoms with Crippen LogP contribution in [0, 0.1) is 11.2 Å². The molecule has 2 aliphatic rings. The number of aromatic nitrogens is 1. The molecule has 0 atom stereocenters. The van der Waals surface area contributed by atoms with E-state index in [0.717, 1.165) is 0 Å². The summed E-state index contributed by atoms with van der Waals surface area (Å²) in [7, 11) is 0. The van der Waals surface area contributed by atoms with Crippen LogP contribution in [0.4, 0.5) is 19.0 Å². The first kappa shape index (κ1) is 14.9. The minimum absolute atomic E-state index is 0. The first-order valence-electron chi connectivity index (χ1n) is 5.87. The molecule has 1 saturated heterocycles. The summed E-state index contributed by atoms with van der Waals surface area (Å²) in [6.07, 6.45) is 2.34. The molecule has 0 radical (unpaired) electrons. The van der Waals surface area contributed by atoms with Crippen LogP contribution in [-0.2, 0) is 0 Å². The summed E-state index contributed by atoms with van der Waals surface area (Å²) in [5.41, 5.74) is -0.810. The minimum Gasteiger partial charge on any atom is -0.354 e. The molecule has 7 heteroatoms. The van der Waals surface area contributed by atoms with Gasteiger partial charge in [-0.05, 0) is 34.8 Å². The summed E-state index contributed by atoms with van der Waals surface area (Å²) in [5, 5.41) is 0. The summed E-state index contributed by atoms with van der Waals surface area (Å²) in [6.45, 7) is 0.891. The van der Waals surface area contributed by atoms with Crippen molar-refractivity contribution < 1.29 is 13.2 Å². The lowest BCUT2D eigenvalue weighted by Crippen LogP contribution is -2.37. The van der Waals surface area contributed by atoms with Gasteiger partial charge in [0.15, 0.2) is 11.6 Å². The van der Waals surface area contributed by atoms with Crippen molar-refractivity contribution >= 4 is 34.2 Å². The number of nitrogens with zero attached hydrogens (tertiary/aromatic N) is 2. The zero-order chi connectivity index (χ0) is 13.0. The molecule has 2 nitrogen and oxygen atoms in total. The van der Waals surface area contributed by atoms with Gasteiger partial charge in [-0.25, -0.2) is 18.2 Å². The Labute approximate surface area is 123 Å². The Morgan fingerprint density at radius 3 is 2.32 bits per heavy atom. The standard InChI is InChI=1S/C12H12BrF3N2.ClH/c13-8-5-9(14)10(17-6-8)18-3-1-11(2-4-18)7-12(11,15)16;/h5-6H,1-4,7H2;1H. The Morgan fingerprint density at radius 2 is 1.84 bits per heavy atom. The molecule has 1 saturated carbocycles. The lowest BCUT2D eigenvalue weighted by Gasteiger charge is -2.33. The average molecular weight is 358 g/mol. The first-order valence-corrected chi connectivity index (χ1v) is 6.67. The highest BCUT2D eigenvalue weighted by Crippen LogP contribution is 2.65. The Kier molecular flexibility index (Phi) is 3.77. The molecular formula is C12H13BrClF3N2. The van der Waals surface area contributed by atoms with Crippen molar-refractivity contribution in [1.29, 1.82) is 0 Å². The maximum absolute atomic E-state index is 13.7. The summed E-state index contributed by atoms with van der Waals surface area (Å²) >= 11 is 3.14. The molecule has 2 heterocycles. The Morgan fingerprint density at radius 1 is 1.26 bits per heavy atom. The van der Waals surface area contributed by atoms with Gasteiger partial charge in [-0.3, -0.25) is 0 Å². The fraction of sp³-hybridized carbons (Fsp3) is 0.583. The number of halogens is 5. The second kappa shape index (κ2) is 4.81. The van der Waals surface area contributed by atoms with E-state index in [-0.39, 0.29) is 24.6 Å². The first-order chi connectivity index (χ1) is 8.44. The molecule has 1 spiro atoms. The van der Waals surface area contributed by atoms with E-state index < -0.39 is 17.2 Å². The van der Waals surface area contributed by atoms with Gasteiger partial charge in [-0.2, -0.15) is 0 Å². The van der Waals surface area contributed by atoms with Crippen LogP contribution in [0.3, 0.4) is 0 Å². The molecule has 0 unspecified atom stereocenters. The third kappa shape index (κ3) is 2.44. The van der Waals surface area contributed by atoms with Gasteiger partial charge in [0, 0.05) is 35.6 Å². The molecule has 0 aromatic carbocycles. The molecule has 2 fully saturated rings. The van der Waals surface area contributed by atoms with Crippen molar-refractivity contribution in [2.24, 2.45) is 5.41 Å². The van der Waals surface area contributed by atoms with Gasteiger partial charge >= 0.3 is 0 Å². The topological polar surface area (TPSA) is 16.1 Å². The van der Waals surface area contributed by atoms with Gasteiger partial charge in [-0.15, -0.1) is 12.4 Å². The quantitative estimate of drug-likeness (QED) is 0.754. The number of anilines is 1. The Hall–Kier alpha value is -0.490. The number of hydrogen-bond donors (Lipinski definition) is 0. The van der Waals surface area contributed by atoms with Crippen LogP contribution in [0.1, 0.15) is 19.3 Å². The summed E-state index contributed by atoms with van der Waals surface area (Å²) in [6, 6.07) is 1.35. The van der Waals surface area contributed by atoms with E-state index in [2.05, 4.69) is 20.9 Å². The van der Waals surface area contributed by atoms with Gasteiger partial charge in [0.1, 0.15) is 0 Å². The van der Waals surface area contributed by atoms with Crippen LogP contribution in [0.15, 0.2) is 16.7 Å². The zero-order valence-electron chi connectivity index (χ0n) is 10.0. The van der Waals surface area contributed by atoms with Crippen molar-refractivity contribution in [3.63, 3.8) is 0 Å². The molecule has 1 aromatic heterocycles. The molecule has 19 heavy (non-hydrogen) atoms. The van der Waals surface area contributed by atoms with Crippen molar-refractivity contribution in [1.82, 2.24) is 4.98 Å². The molecule has 3 rings (SSSR count). The monoisotopic (exact) mass is 356 g/mol. The van der Waals surface area contributed by atoms with Gasteiger partial charge in [-0.1, -0.05) is 0 Å². The maximum Gasteiger partial charge on any atom is 0.254 e. The normalized spacial score (nSPS) is 23.1. The number of rotatable bonds is 1. The number of piperidine rings is 1. The van der Waals surface area contributed by atoms with Crippen molar-refractivity contribution in [2.45, 2.75) is 25.2 Å². The highest BCUT2D eigenvalue weighted by Gasteiger charge is 2.70. The highest BCUT2D eigenvalue weighted by atomic mass is 79.9. The molecular weight excluding hydrogens is 344 g/mol. The summed E-state index contributed by atoms with van der Waals surface area (Å²) in [4.78, 5) is 5.77. The van der Waals surface area contributed by atoms with E-state index >= 15 is 0 Å². The SMILES string of the molecule is Cl.Fc1cc(Br)cnc1N1CCC2(CC1)CC2(F)F. The molecule has 0 N–H and O–H groups in total. The highest BCUT2D eigenvalue weighted by molar-refractivity contribution is 9.10. The second-order valence-corrected chi connectivity index (χ2v) is 6.02. The lowest BCUT2D eigenvalue weighted by molar-refractivity contribution is 0.0536. The average Bonchev–Trinajstić information content (AvgIpc) is 2.82. The van der Waals surface area contributed by atoms with E-state index in [0.29, 0.717) is 30.4 Å². The van der Waals surface area contributed by atoms with E-state index in [1.165, 1.54) is 12.3 Å². The van der Waals surface area contributed by atoms with Crippen LogP contribution in [-0.4, -0.2) is 24.0 Å². The van der Waals surface area contributed by atoms with Crippen LogP contribution < -0.4 is 4.90 Å². The van der Waals surface area contributed by atoms with E-state index in [9.17, 15) is 13.2 Å². The van der Waals surface area contributed by atoms with E-state index in [1.54, 1.807) is 4.90 Å². The molecule has 1 aliphatic carbocycles. The van der Waals surface area contributed by atoms with Crippen LogP contribution in [0.2, 0.25) is 0 Å². The molecule has 0 bridgehead atoms. The smallest absolute Gasteiger partial charge is 0.254 e. The molecule has 106 valence electrons. The summed E-state index contributed by atoms with van der Waals surface area (Å²) in [5.74, 6) is -2.66. The Bertz CT molecular complexity index is 490. The van der Waals surface area contributed by atoms with Gasteiger partial charge in [0.2, 0.25) is 0 Å². The van der Waals surface area contributed by atoms with Crippen LogP contribution >= 0.6 is 28.3 Å². The largest absolute Gasteiger partial charge is 0.354 e. The maximum atomic E-state index is 13.7. The third-order valence-electron chi connectivity index (χ3n) is 4.02. The lowest BCUT2D eigenvalue weighted by atomic mass is 9.93. The van der Waals surface area contributed by atoms with Gasteiger partial charge in [0.05, 0.1) is 0 Å².